The van der Waals surface area contributed by atoms with Crippen LogP contribution in [0.1, 0.15) is 30.2 Å². The van der Waals surface area contributed by atoms with Crippen molar-refractivity contribution >= 4 is 0 Å². The van der Waals surface area contributed by atoms with Crippen molar-refractivity contribution < 1.29 is 4.74 Å². The van der Waals surface area contributed by atoms with Gasteiger partial charge in [0.15, 0.2) is 0 Å². The second kappa shape index (κ2) is 7.88. The number of benzene rings is 1. The van der Waals surface area contributed by atoms with E-state index in [4.69, 9.17) is 4.74 Å². The molecule has 2 aromatic rings. The molecule has 1 aromatic heterocycles. The first kappa shape index (κ1) is 14.8. The molecule has 0 unspecified atom stereocenters. The van der Waals surface area contributed by atoms with E-state index in [-0.39, 0.29) is 0 Å². The van der Waals surface area contributed by atoms with Crippen LogP contribution in [0.15, 0.2) is 42.6 Å². The van der Waals surface area contributed by atoms with E-state index in [1.165, 1.54) is 23.2 Å². The molecule has 0 aliphatic heterocycles. The smallest absolute Gasteiger partial charge is 0.0713 e. The van der Waals surface area contributed by atoms with E-state index >= 15 is 0 Å². The maximum Gasteiger partial charge on any atom is 0.0713 e. The van der Waals surface area contributed by atoms with E-state index in [9.17, 15) is 0 Å². The Balaban J connectivity index is 1.86. The van der Waals surface area contributed by atoms with Gasteiger partial charge in [0.2, 0.25) is 0 Å². The summed E-state index contributed by atoms with van der Waals surface area (Å²) in [5.74, 6) is 0. The summed E-state index contributed by atoms with van der Waals surface area (Å²) in [4.78, 5) is 0. The van der Waals surface area contributed by atoms with Crippen LogP contribution in [0.2, 0.25) is 0 Å². The summed E-state index contributed by atoms with van der Waals surface area (Å²) >= 11 is 0. The van der Waals surface area contributed by atoms with Crippen LogP contribution >= 0.6 is 0 Å². The van der Waals surface area contributed by atoms with Crippen LogP contribution in [-0.2, 0) is 31.0 Å². The molecule has 2 rings (SSSR count). The number of hydrogen-bond donors (Lipinski definition) is 1. The van der Waals surface area contributed by atoms with Crippen molar-refractivity contribution in [3.63, 3.8) is 0 Å². The molecule has 0 saturated heterocycles. The Bertz CT molecular complexity index is 519. The predicted molar refractivity (Wildman–Crippen MR) is 82.4 cm³/mol. The van der Waals surface area contributed by atoms with Gasteiger partial charge in [0.1, 0.15) is 0 Å². The van der Waals surface area contributed by atoms with Crippen LogP contribution in [-0.4, -0.2) is 11.7 Å². The van der Waals surface area contributed by atoms with Crippen molar-refractivity contribution in [2.75, 3.05) is 7.11 Å². The monoisotopic (exact) mass is 272 g/mol. The Hall–Kier alpha value is -1.58. The topological polar surface area (TPSA) is 26.2 Å². The molecule has 0 saturated carbocycles. The Morgan fingerprint density at radius 3 is 2.75 bits per heavy atom. The number of nitrogens with one attached hydrogen (secondary N) is 1. The van der Waals surface area contributed by atoms with Crippen molar-refractivity contribution in [3.8, 4) is 0 Å². The molecule has 0 aliphatic carbocycles. The van der Waals surface area contributed by atoms with Gasteiger partial charge in [-0.05, 0) is 29.7 Å². The third-order valence-electron chi connectivity index (χ3n) is 3.33. The summed E-state index contributed by atoms with van der Waals surface area (Å²) in [5.41, 5.74) is 3.87. The summed E-state index contributed by atoms with van der Waals surface area (Å²) < 4.78 is 7.48. The second-order valence-electron chi connectivity index (χ2n) is 5.05. The number of aryl methyl sites for hydroxylation is 1. The maximum absolute atomic E-state index is 5.17. The molecule has 0 radical (unpaired) electrons. The van der Waals surface area contributed by atoms with E-state index in [2.05, 4.69) is 59.4 Å². The largest absolute Gasteiger partial charge is 0.380 e. The lowest BCUT2D eigenvalue weighted by Crippen LogP contribution is -2.15. The molecule has 108 valence electrons. The van der Waals surface area contributed by atoms with Crippen LogP contribution in [0.25, 0.3) is 0 Å². The number of nitrogens with zero attached hydrogens (tertiary/aromatic N) is 1. The van der Waals surface area contributed by atoms with Gasteiger partial charge < -0.3 is 14.6 Å². The van der Waals surface area contributed by atoms with E-state index in [0.29, 0.717) is 6.61 Å². The van der Waals surface area contributed by atoms with Crippen LogP contribution in [0.3, 0.4) is 0 Å². The van der Waals surface area contributed by atoms with E-state index in [0.717, 1.165) is 19.6 Å². The van der Waals surface area contributed by atoms with Crippen LogP contribution in [0.4, 0.5) is 0 Å². The minimum atomic E-state index is 0.674. The number of methoxy groups -OCH3 is 1. The summed E-state index contributed by atoms with van der Waals surface area (Å²) in [7, 11) is 1.73. The number of aromatic nitrogens is 1. The van der Waals surface area contributed by atoms with E-state index in [1.54, 1.807) is 7.11 Å². The average Bonchev–Trinajstić information content (AvgIpc) is 2.88. The normalized spacial score (nSPS) is 10.9. The highest BCUT2D eigenvalue weighted by Gasteiger charge is 2.00. The summed E-state index contributed by atoms with van der Waals surface area (Å²) in [6, 6.07) is 12.8. The Morgan fingerprint density at radius 2 is 1.95 bits per heavy atom. The van der Waals surface area contributed by atoms with E-state index < -0.39 is 0 Å². The first-order valence-electron chi connectivity index (χ1n) is 7.25. The fourth-order valence-corrected chi connectivity index (χ4v) is 2.40. The zero-order valence-electron chi connectivity index (χ0n) is 12.4. The van der Waals surface area contributed by atoms with Gasteiger partial charge >= 0.3 is 0 Å². The zero-order valence-corrected chi connectivity index (χ0v) is 12.4. The molecule has 20 heavy (non-hydrogen) atoms. The average molecular weight is 272 g/mol. The zero-order chi connectivity index (χ0) is 14.2. The fraction of sp³-hybridized carbons (Fsp3) is 0.412. The minimum Gasteiger partial charge on any atom is -0.380 e. The molecular weight excluding hydrogens is 248 g/mol. The van der Waals surface area contributed by atoms with Crippen LogP contribution < -0.4 is 5.32 Å². The number of hydrogen-bond acceptors (Lipinski definition) is 2. The lowest BCUT2D eigenvalue weighted by atomic mass is 10.1. The van der Waals surface area contributed by atoms with Gasteiger partial charge in [0, 0.05) is 38.6 Å². The highest BCUT2D eigenvalue weighted by atomic mass is 16.5. The van der Waals surface area contributed by atoms with Gasteiger partial charge in [-0.25, -0.2) is 0 Å². The maximum atomic E-state index is 5.17. The van der Waals surface area contributed by atoms with Gasteiger partial charge in [0.25, 0.3) is 0 Å². The molecule has 1 N–H and O–H groups in total. The molecule has 0 spiro atoms. The van der Waals surface area contributed by atoms with Gasteiger partial charge in [0.05, 0.1) is 6.61 Å². The van der Waals surface area contributed by atoms with Crippen LogP contribution in [0.5, 0.6) is 0 Å². The van der Waals surface area contributed by atoms with Crippen LogP contribution in [0, 0.1) is 0 Å². The van der Waals surface area contributed by atoms with Gasteiger partial charge in [-0.2, -0.15) is 0 Å². The highest BCUT2D eigenvalue weighted by molar-refractivity contribution is 5.23. The lowest BCUT2D eigenvalue weighted by molar-refractivity contribution is 0.185. The highest BCUT2D eigenvalue weighted by Crippen LogP contribution is 2.07. The first-order chi connectivity index (χ1) is 9.83. The number of ether oxygens (including phenoxy) is 1. The Kier molecular flexibility index (Phi) is 5.84. The fourth-order valence-electron chi connectivity index (χ4n) is 2.40. The van der Waals surface area contributed by atoms with Crippen molar-refractivity contribution in [3.05, 3.63) is 59.4 Å². The molecule has 1 aromatic carbocycles. The Morgan fingerprint density at radius 1 is 1.10 bits per heavy atom. The minimum absolute atomic E-state index is 0.674. The van der Waals surface area contributed by atoms with Gasteiger partial charge in [-0.1, -0.05) is 31.2 Å². The first-order valence-corrected chi connectivity index (χ1v) is 7.25. The standard InChI is InChI=1S/C17H24N2O/c1-3-9-19-10-5-8-17(19)13-18-12-15-6-4-7-16(11-15)14-20-2/h4-8,10-11,18H,3,9,12-14H2,1-2H3. The molecule has 0 amide bonds. The van der Waals surface area contributed by atoms with E-state index in [1.807, 2.05) is 0 Å². The molecule has 1 heterocycles. The van der Waals surface area contributed by atoms with Gasteiger partial charge in [-0.15, -0.1) is 0 Å². The molecule has 0 atom stereocenters. The molecule has 0 bridgehead atoms. The third-order valence-corrected chi connectivity index (χ3v) is 3.33. The van der Waals surface area contributed by atoms with Crippen molar-refractivity contribution in [1.29, 1.82) is 0 Å². The number of rotatable bonds is 8. The lowest BCUT2D eigenvalue weighted by Gasteiger charge is -2.10. The summed E-state index contributed by atoms with van der Waals surface area (Å²) in [6.07, 6.45) is 3.32. The Labute approximate surface area is 121 Å². The third kappa shape index (κ3) is 4.22. The SMILES string of the molecule is CCCn1cccc1CNCc1cccc(COC)c1. The van der Waals surface area contributed by atoms with Gasteiger partial charge in [-0.3, -0.25) is 0 Å². The molecule has 3 heteroatoms. The molecule has 3 nitrogen and oxygen atoms in total. The molecular formula is C17H24N2O. The van der Waals surface area contributed by atoms with Crippen molar-refractivity contribution in [2.45, 2.75) is 39.6 Å². The molecule has 0 aliphatic rings. The second-order valence-corrected chi connectivity index (χ2v) is 5.05. The quantitative estimate of drug-likeness (QED) is 0.797. The van der Waals surface area contributed by atoms with Crippen molar-refractivity contribution in [1.82, 2.24) is 9.88 Å². The summed E-state index contributed by atoms with van der Waals surface area (Å²) in [6.45, 7) is 5.76. The predicted octanol–water partition coefficient (Wildman–Crippen LogP) is 3.33. The van der Waals surface area contributed by atoms with Crippen molar-refractivity contribution in [2.24, 2.45) is 0 Å². The summed E-state index contributed by atoms with van der Waals surface area (Å²) in [5, 5.41) is 3.51. The molecule has 0 fully saturated rings.